The fraction of sp³-hybridized carbons (Fsp3) is 0.500. The summed E-state index contributed by atoms with van der Waals surface area (Å²) >= 11 is 0. The zero-order chi connectivity index (χ0) is 13.9. The van der Waals surface area contributed by atoms with E-state index in [2.05, 4.69) is 36.3 Å². The molecule has 1 N–H and O–H groups in total. The molecule has 2 heterocycles. The lowest BCUT2D eigenvalue weighted by Gasteiger charge is -2.11. The van der Waals surface area contributed by atoms with E-state index >= 15 is 0 Å². The third-order valence-corrected chi connectivity index (χ3v) is 3.78. The van der Waals surface area contributed by atoms with Crippen LogP contribution in [0.3, 0.4) is 0 Å². The second kappa shape index (κ2) is 5.75. The highest BCUT2D eigenvalue weighted by atomic mass is 15.3. The molecule has 1 saturated carbocycles. The van der Waals surface area contributed by atoms with E-state index < -0.39 is 0 Å². The van der Waals surface area contributed by atoms with Gasteiger partial charge in [-0.25, -0.2) is 9.67 Å². The van der Waals surface area contributed by atoms with Gasteiger partial charge in [-0.3, -0.25) is 0 Å². The van der Waals surface area contributed by atoms with Gasteiger partial charge in [-0.2, -0.15) is 5.10 Å². The summed E-state index contributed by atoms with van der Waals surface area (Å²) in [6.45, 7) is 5.18. The molecule has 0 aromatic carbocycles. The molecule has 106 valence electrons. The lowest BCUT2D eigenvalue weighted by molar-refractivity contribution is 0.671. The van der Waals surface area contributed by atoms with Crippen molar-refractivity contribution >= 4 is 0 Å². The van der Waals surface area contributed by atoms with E-state index in [9.17, 15) is 0 Å². The molecule has 0 unspecified atom stereocenters. The number of nitrogens with one attached hydrogen (secondary N) is 1. The molecule has 2 aromatic heterocycles. The van der Waals surface area contributed by atoms with Crippen LogP contribution in [0.4, 0.5) is 0 Å². The number of pyridine rings is 1. The maximum absolute atomic E-state index is 4.70. The van der Waals surface area contributed by atoms with Gasteiger partial charge in [0.2, 0.25) is 0 Å². The van der Waals surface area contributed by atoms with Crippen molar-refractivity contribution < 1.29 is 0 Å². The minimum Gasteiger partial charge on any atom is -0.310 e. The van der Waals surface area contributed by atoms with Gasteiger partial charge in [0, 0.05) is 30.0 Å². The number of rotatable bonds is 6. The van der Waals surface area contributed by atoms with Crippen molar-refractivity contribution in [2.24, 2.45) is 0 Å². The average molecular weight is 270 g/mol. The van der Waals surface area contributed by atoms with Crippen LogP contribution in [0, 0.1) is 0 Å². The summed E-state index contributed by atoms with van der Waals surface area (Å²) in [5.41, 5.74) is 3.58. The Kier molecular flexibility index (Phi) is 3.83. The van der Waals surface area contributed by atoms with E-state index in [1.54, 1.807) is 0 Å². The first-order valence-electron chi connectivity index (χ1n) is 7.57. The van der Waals surface area contributed by atoms with Crippen molar-refractivity contribution in [3.8, 4) is 5.82 Å². The van der Waals surface area contributed by atoms with Crippen molar-refractivity contribution in [1.82, 2.24) is 20.1 Å². The van der Waals surface area contributed by atoms with Crippen molar-refractivity contribution in [2.75, 3.05) is 0 Å². The zero-order valence-electron chi connectivity index (χ0n) is 12.3. The van der Waals surface area contributed by atoms with Crippen molar-refractivity contribution in [3.63, 3.8) is 0 Å². The predicted octanol–water partition coefficient (Wildman–Crippen LogP) is 2.64. The van der Waals surface area contributed by atoms with E-state index in [1.807, 2.05) is 16.9 Å². The SMILES string of the molecule is CCc1cc(CC)n(-c2ncccc2CNC2CC2)n1. The van der Waals surface area contributed by atoms with E-state index in [0.29, 0.717) is 6.04 Å². The molecular formula is C16H22N4. The Bertz CT molecular complexity index is 584. The molecular weight excluding hydrogens is 248 g/mol. The summed E-state index contributed by atoms with van der Waals surface area (Å²) in [5, 5.41) is 8.26. The maximum Gasteiger partial charge on any atom is 0.158 e. The number of aryl methyl sites for hydroxylation is 2. The fourth-order valence-electron chi connectivity index (χ4n) is 2.38. The number of nitrogens with zero attached hydrogens (tertiary/aromatic N) is 3. The molecule has 0 radical (unpaired) electrons. The summed E-state index contributed by atoms with van der Waals surface area (Å²) in [6.07, 6.45) is 6.39. The first kappa shape index (κ1) is 13.3. The fourth-order valence-corrected chi connectivity index (χ4v) is 2.38. The molecule has 0 aliphatic heterocycles. The van der Waals surface area contributed by atoms with Crippen LogP contribution in [0.15, 0.2) is 24.4 Å². The third-order valence-electron chi connectivity index (χ3n) is 3.78. The normalized spacial score (nSPS) is 14.7. The van der Waals surface area contributed by atoms with Gasteiger partial charge < -0.3 is 5.32 Å². The Morgan fingerprint density at radius 2 is 2.15 bits per heavy atom. The van der Waals surface area contributed by atoms with Crippen LogP contribution in [0.1, 0.15) is 43.6 Å². The van der Waals surface area contributed by atoms with Crippen molar-refractivity contribution in [3.05, 3.63) is 41.3 Å². The molecule has 1 aliphatic carbocycles. The second-order valence-electron chi connectivity index (χ2n) is 5.39. The Hall–Kier alpha value is -1.68. The summed E-state index contributed by atoms with van der Waals surface area (Å²) in [6, 6.07) is 7.04. The van der Waals surface area contributed by atoms with Crippen LogP contribution >= 0.6 is 0 Å². The molecule has 4 nitrogen and oxygen atoms in total. The Labute approximate surface area is 120 Å². The summed E-state index contributed by atoms with van der Waals surface area (Å²) < 4.78 is 2.02. The van der Waals surface area contributed by atoms with Gasteiger partial charge in [0.05, 0.1) is 5.69 Å². The average Bonchev–Trinajstić information content (AvgIpc) is 3.23. The monoisotopic (exact) mass is 270 g/mol. The predicted molar refractivity (Wildman–Crippen MR) is 80.0 cm³/mol. The topological polar surface area (TPSA) is 42.7 Å². The second-order valence-corrected chi connectivity index (χ2v) is 5.39. The Balaban J connectivity index is 1.93. The quantitative estimate of drug-likeness (QED) is 0.877. The number of aromatic nitrogens is 3. The zero-order valence-corrected chi connectivity index (χ0v) is 12.3. The van der Waals surface area contributed by atoms with Crippen molar-refractivity contribution in [1.29, 1.82) is 0 Å². The van der Waals surface area contributed by atoms with Gasteiger partial charge in [0.25, 0.3) is 0 Å². The Morgan fingerprint density at radius 1 is 1.30 bits per heavy atom. The van der Waals surface area contributed by atoms with Gasteiger partial charge in [-0.1, -0.05) is 19.9 Å². The van der Waals surface area contributed by atoms with Crippen LogP contribution in [0.2, 0.25) is 0 Å². The van der Waals surface area contributed by atoms with Gasteiger partial charge in [0.1, 0.15) is 0 Å². The summed E-state index contributed by atoms with van der Waals surface area (Å²) in [5.74, 6) is 0.970. The molecule has 1 aliphatic rings. The molecule has 20 heavy (non-hydrogen) atoms. The molecule has 0 bridgehead atoms. The summed E-state index contributed by atoms with van der Waals surface area (Å²) in [7, 11) is 0. The highest BCUT2D eigenvalue weighted by molar-refractivity contribution is 5.35. The molecule has 1 fully saturated rings. The van der Waals surface area contributed by atoms with Crippen LogP contribution < -0.4 is 5.32 Å². The first-order chi connectivity index (χ1) is 9.81. The molecule has 2 aromatic rings. The van der Waals surface area contributed by atoms with E-state index in [0.717, 1.165) is 30.9 Å². The maximum atomic E-state index is 4.70. The largest absolute Gasteiger partial charge is 0.310 e. The molecule has 0 saturated heterocycles. The van der Waals surface area contributed by atoms with E-state index in [-0.39, 0.29) is 0 Å². The first-order valence-corrected chi connectivity index (χ1v) is 7.57. The molecule has 0 atom stereocenters. The molecule has 3 rings (SSSR count). The lowest BCUT2D eigenvalue weighted by atomic mass is 10.2. The highest BCUT2D eigenvalue weighted by Crippen LogP contribution is 2.21. The minimum atomic E-state index is 0.706. The van der Waals surface area contributed by atoms with Gasteiger partial charge in [0.15, 0.2) is 5.82 Å². The standard InChI is InChI=1S/C16H22N4/c1-3-13-10-15(4-2)20(19-13)16-12(6-5-9-17-16)11-18-14-7-8-14/h5-6,9-10,14,18H,3-4,7-8,11H2,1-2H3. The van der Waals surface area contributed by atoms with Gasteiger partial charge >= 0.3 is 0 Å². The van der Waals surface area contributed by atoms with Crippen LogP contribution in [-0.4, -0.2) is 20.8 Å². The number of hydrogen-bond donors (Lipinski definition) is 1. The minimum absolute atomic E-state index is 0.706. The van der Waals surface area contributed by atoms with Crippen LogP contribution in [0.25, 0.3) is 5.82 Å². The smallest absolute Gasteiger partial charge is 0.158 e. The van der Waals surface area contributed by atoms with Crippen molar-refractivity contribution in [2.45, 2.75) is 52.1 Å². The van der Waals surface area contributed by atoms with E-state index in [1.165, 1.54) is 24.1 Å². The molecule has 0 amide bonds. The third kappa shape index (κ3) is 2.75. The molecule has 4 heteroatoms. The Morgan fingerprint density at radius 3 is 2.85 bits per heavy atom. The highest BCUT2D eigenvalue weighted by Gasteiger charge is 2.21. The molecule has 0 spiro atoms. The van der Waals surface area contributed by atoms with Gasteiger partial charge in [-0.05, 0) is 37.8 Å². The number of hydrogen-bond acceptors (Lipinski definition) is 3. The van der Waals surface area contributed by atoms with E-state index in [4.69, 9.17) is 5.10 Å². The van der Waals surface area contributed by atoms with Crippen LogP contribution in [0.5, 0.6) is 0 Å². The summed E-state index contributed by atoms with van der Waals surface area (Å²) in [4.78, 5) is 4.56. The lowest BCUT2D eigenvalue weighted by Crippen LogP contribution is -2.18. The van der Waals surface area contributed by atoms with Gasteiger partial charge in [-0.15, -0.1) is 0 Å². The van der Waals surface area contributed by atoms with Crippen LogP contribution in [-0.2, 0) is 19.4 Å².